The summed E-state index contributed by atoms with van der Waals surface area (Å²) in [4.78, 5) is 13.6. The number of nitrogens with two attached hydrogens (primary N) is 1. The Bertz CT molecular complexity index is 1170. The molecule has 202 valence electrons. The molecule has 1 heterocycles. The minimum absolute atomic E-state index is 0.0554. The molecule has 1 amide bonds. The summed E-state index contributed by atoms with van der Waals surface area (Å²) < 4.78 is 28.1. The number of carbonyl (C=O) groups is 1. The molecular formula is C30H37FN2O4Si. The minimum Gasteiger partial charge on any atom is -0.465 e. The Hall–Kier alpha value is -3.20. The van der Waals surface area contributed by atoms with Crippen molar-refractivity contribution >= 4 is 30.5 Å². The van der Waals surface area contributed by atoms with E-state index in [0.717, 1.165) is 10.4 Å². The first-order valence-corrected chi connectivity index (χ1v) is 14.9. The van der Waals surface area contributed by atoms with E-state index in [0.29, 0.717) is 11.3 Å². The van der Waals surface area contributed by atoms with Crippen LogP contribution < -0.4 is 16.1 Å². The summed E-state index contributed by atoms with van der Waals surface area (Å²) in [6.45, 7) is 6.65. The zero-order chi connectivity index (χ0) is 27.3. The molecule has 6 nitrogen and oxygen atoms in total. The second-order valence-electron chi connectivity index (χ2n) is 10.9. The zero-order valence-electron chi connectivity index (χ0n) is 22.2. The van der Waals surface area contributed by atoms with Crippen LogP contribution >= 0.6 is 0 Å². The van der Waals surface area contributed by atoms with E-state index in [1.165, 1.54) is 4.90 Å². The second kappa shape index (κ2) is 11.7. The topological polar surface area (TPSA) is 85.0 Å². The Kier molecular flexibility index (Phi) is 8.55. The van der Waals surface area contributed by atoms with Crippen LogP contribution in [-0.2, 0) is 15.6 Å². The number of para-hydroxylation sites is 1. The monoisotopic (exact) mass is 536 g/mol. The molecule has 0 aromatic heterocycles. The Morgan fingerprint density at radius 1 is 1.05 bits per heavy atom. The van der Waals surface area contributed by atoms with E-state index in [1.54, 1.807) is 18.2 Å². The lowest BCUT2D eigenvalue weighted by molar-refractivity contribution is -0.0918. The molecule has 4 rings (SSSR count). The molecule has 0 bridgehead atoms. The third-order valence-corrected chi connectivity index (χ3v) is 12.4. The fraction of sp³-hybridized carbons (Fsp3) is 0.367. The van der Waals surface area contributed by atoms with Crippen molar-refractivity contribution in [2.45, 2.75) is 50.5 Å². The molecule has 0 saturated carbocycles. The van der Waals surface area contributed by atoms with E-state index < -0.39 is 32.7 Å². The van der Waals surface area contributed by atoms with Gasteiger partial charge in [0.05, 0.1) is 25.8 Å². The molecule has 8 heteroatoms. The van der Waals surface area contributed by atoms with Crippen molar-refractivity contribution in [2.75, 3.05) is 25.5 Å². The molecule has 3 N–H and O–H groups in total. The average molecular weight is 537 g/mol. The largest absolute Gasteiger partial charge is 0.465 e. The molecule has 0 spiro atoms. The molecule has 0 radical (unpaired) electrons. The van der Waals surface area contributed by atoms with Gasteiger partial charge in [0.15, 0.2) is 0 Å². The fourth-order valence-electron chi connectivity index (χ4n) is 5.36. The first-order chi connectivity index (χ1) is 18.1. The fourth-order valence-corrected chi connectivity index (χ4v) is 9.95. The van der Waals surface area contributed by atoms with Crippen LogP contribution in [-0.4, -0.2) is 62.5 Å². The zero-order valence-corrected chi connectivity index (χ0v) is 23.2. The van der Waals surface area contributed by atoms with Gasteiger partial charge in [-0.2, -0.15) is 0 Å². The van der Waals surface area contributed by atoms with Crippen LogP contribution in [0.4, 0.5) is 14.9 Å². The standard InChI is InChI=1S/C30H37FN2O4Si/c1-30(2,3)38(24-13-6-4-7-14-24,25-15-8-5-9-16-25)37-21-23-20-36-28(19-33(23)29(34)35)26(31)18-22-12-10-11-17-27(22)32/h4-17,23,26,28H,18-21,32H2,1-3H3,(H,34,35)/t23-,26?,28-/m0/s1. The molecule has 0 aliphatic carbocycles. The van der Waals surface area contributed by atoms with E-state index in [1.807, 2.05) is 42.5 Å². The van der Waals surface area contributed by atoms with E-state index in [4.69, 9.17) is 14.9 Å². The molecule has 1 aliphatic heterocycles. The van der Waals surface area contributed by atoms with Gasteiger partial charge in [-0.1, -0.05) is 99.6 Å². The molecule has 1 unspecified atom stereocenters. The van der Waals surface area contributed by atoms with E-state index in [2.05, 4.69) is 45.0 Å². The van der Waals surface area contributed by atoms with Gasteiger partial charge in [-0.05, 0) is 27.0 Å². The number of ether oxygens (including phenoxy) is 1. The highest BCUT2D eigenvalue weighted by Crippen LogP contribution is 2.37. The maximum Gasteiger partial charge on any atom is 0.407 e. The number of morpholine rings is 1. The van der Waals surface area contributed by atoms with Crippen LogP contribution in [0.15, 0.2) is 84.9 Å². The van der Waals surface area contributed by atoms with Crippen LogP contribution in [0, 0.1) is 0 Å². The third-order valence-electron chi connectivity index (χ3n) is 7.35. The highest BCUT2D eigenvalue weighted by atomic mass is 28.4. The number of carboxylic acid groups (broad SMARTS) is 1. The Labute approximate surface area is 225 Å². The van der Waals surface area contributed by atoms with Crippen LogP contribution in [0.1, 0.15) is 26.3 Å². The van der Waals surface area contributed by atoms with Crippen LogP contribution in [0.25, 0.3) is 0 Å². The quantitative estimate of drug-likeness (QED) is 0.328. The number of nitrogen functional groups attached to an aromatic ring is 1. The minimum atomic E-state index is -2.86. The lowest BCUT2D eigenvalue weighted by Crippen LogP contribution is -2.68. The molecule has 38 heavy (non-hydrogen) atoms. The first-order valence-electron chi connectivity index (χ1n) is 13.0. The molecule has 1 aliphatic rings. The number of alkyl halides is 1. The molecule has 1 saturated heterocycles. The summed E-state index contributed by atoms with van der Waals surface area (Å²) in [6, 6.07) is 26.9. The lowest BCUT2D eigenvalue weighted by Gasteiger charge is -2.45. The van der Waals surface area contributed by atoms with Crippen LogP contribution in [0.5, 0.6) is 0 Å². The van der Waals surface area contributed by atoms with Gasteiger partial charge in [-0.25, -0.2) is 9.18 Å². The van der Waals surface area contributed by atoms with Crippen molar-refractivity contribution in [1.82, 2.24) is 4.90 Å². The Balaban J connectivity index is 1.56. The SMILES string of the molecule is CC(C)(C)[Si](OC[C@@H]1CO[C@H](C(F)Cc2ccccc2N)CN1C(=O)O)(c1ccccc1)c1ccccc1. The van der Waals surface area contributed by atoms with E-state index in [-0.39, 0.29) is 31.2 Å². The highest BCUT2D eigenvalue weighted by molar-refractivity contribution is 6.99. The van der Waals surface area contributed by atoms with Crippen LogP contribution in [0.2, 0.25) is 5.04 Å². The van der Waals surface area contributed by atoms with Crippen molar-refractivity contribution in [3.8, 4) is 0 Å². The normalized spacial score (nSPS) is 19.2. The van der Waals surface area contributed by atoms with Gasteiger partial charge in [0, 0.05) is 12.1 Å². The molecular weight excluding hydrogens is 499 g/mol. The summed E-state index contributed by atoms with van der Waals surface area (Å²) in [5, 5.41) is 12.0. The molecule has 1 fully saturated rings. The smallest absolute Gasteiger partial charge is 0.407 e. The number of rotatable bonds is 8. The second-order valence-corrected chi connectivity index (χ2v) is 15.2. The molecule has 3 atom stereocenters. The molecule has 3 aromatic carbocycles. The number of hydrogen-bond acceptors (Lipinski definition) is 4. The van der Waals surface area contributed by atoms with Crippen molar-refractivity contribution in [2.24, 2.45) is 0 Å². The van der Waals surface area contributed by atoms with Crippen LogP contribution in [0.3, 0.4) is 0 Å². The van der Waals surface area contributed by atoms with Gasteiger partial charge < -0.3 is 20.0 Å². The summed E-state index contributed by atoms with van der Waals surface area (Å²) >= 11 is 0. The number of nitrogens with zero attached hydrogens (tertiary/aromatic N) is 1. The lowest BCUT2D eigenvalue weighted by atomic mass is 10.0. The number of benzene rings is 3. The highest BCUT2D eigenvalue weighted by Gasteiger charge is 2.51. The van der Waals surface area contributed by atoms with Gasteiger partial charge in [-0.3, -0.25) is 4.90 Å². The van der Waals surface area contributed by atoms with Crippen molar-refractivity contribution in [1.29, 1.82) is 0 Å². The molecule has 3 aromatic rings. The maximum atomic E-state index is 15.3. The maximum absolute atomic E-state index is 15.3. The van der Waals surface area contributed by atoms with Crippen molar-refractivity contribution < 1.29 is 23.5 Å². The predicted octanol–water partition coefficient (Wildman–Crippen LogP) is 4.47. The van der Waals surface area contributed by atoms with Gasteiger partial charge in [0.25, 0.3) is 8.32 Å². The van der Waals surface area contributed by atoms with Crippen molar-refractivity contribution in [3.05, 3.63) is 90.5 Å². The van der Waals surface area contributed by atoms with E-state index in [9.17, 15) is 9.90 Å². The van der Waals surface area contributed by atoms with Gasteiger partial charge >= 0.3 is 6.09 Å². The number of halogens is 1. The average Bonchev–Trinajstić information content (AvgIpc) is 2.90. The van der Waals surface area contributed by atoms with Gasteiger partial charge in [-0.15, -0.1) is 0 Å². The Morgan fingerprint density at radius 3 is 2.13 bits per heavy atom. The summed E-state index contributed by atoms with van der Waals surface area (Å²) in [6.07, 6.45) is -3.32. The summed E-state index contributed by atoms with van der Waals surface area (Å²) in [5.41, 5.74) is 7.18. The predicted molar refractivity (Wildman–Crippen MR) is 151 cm³/mol. The number of amides is 1. The van der Waals surface area contributed by atoms with Gasteiger partial charge in [0.2, 0.25) is 0 Å². The van der Waals surface area contributed by atoms with Gasteiger partial charge in [0.1, 0.15) is 12.3 Å². The summed E-state index contributed by atoms with van der Waals surface area (Å²) in [7, 11) is -2.86. The Morgan fingerprint density at radius 2 is 1.61 bits per heavy atom. The number of hydrogen-bond donors (Lipinski definition) is 2. The van der Waals surface area contributed by atoms with Crippen molar-refractivity contribution in [3.63, 3.8) is 0 Å². The summed E-state index contributed by atoms with van der Waals surface area (Å²) in [5.74, 6) is 0. The third kappa shape index (κ3) is 5.77. The first kappa shape index (κ1) is 27.8. The number of anilines is 1. The van der Waals surface area contributed by atoms with E-state index >= 15 is 4.39 Å².